The van der Waals surface area contributed by atoms with Gasteiger partial charge in [-0.2, -0.15) is 0 Å². The average molecular weight is 304 g/mol. The minimum Gasteiger partial charge on any atom is -0.497 e. The number of ether oxygens (including phenoxy) is 2. The monoisotopic (exact) mass is 304 g/mol. The van der Waals surface area contributed by atoms with Gasteiger partial charge in [-0.05, 0) is 24.3 Å². The van der Waals surface area contributed by atoms with E-state index in [2.05, 4.69) is 9.64 Å². The number of carbonyl (C=O) groups is 2. The Bertz CT molecular complexity index is 546. The van der Waals surface area contributed by atoms with Gasteiger partial charge in [-0.25, -0.2) is 4.79 Å². The summed E-state index contributed by atoms with van der Waals surface area (Å²) in [4.78, 5) is 26.9. The van der Waals surface area contributed by atoms with E-state index in [0.717, 1.165) is 30.6 Å². The Labute approximate surface area is 129 Å². The van der Waals surface area contributed by atoms with E-state index < -0.39 is 5.97 Å². The Kier molecular flexibility index (Phi) is 5.41. The summed E-state index contributed by atoms with van der Waals surface area (Å²) < 4.78 is 9.61. The molecule has 6 nitrogen and oxygen atoms in total. The van der Waals surface area contributed by atoms with Gasteiger partial charge in [-0.15, -0.1) is 0 Å². The van der Waals surface area contributed by atoms with Crippen LogP contribution in [0.1, 0.15) is 0 Å². The molecule has 1 amide bonds. The first-order valence-corrected chi connectivity index (χ1v) is 7.08. The van der Waals surface area contributed by atoms with Crippen molar-refractivity contribution >= 4 is 17.6 Å². The Morgan fingerprint density at radius 2 is 1.64 bits per heavy atom. The molecule has 0 aliphatic carbocycles. The number of methoxy groups -OCH3 is 2. The molecule has 1 aromatic carbocycles. The molecule has 0 saturated carbocycles. The first-order chi connectivity index (χ1) is 10.6. The summed E-state index contributed by atoms with van der Waals surface area (Å²) in [6, 6.07) is 7.86. The van der Waals surface area contributed by atoms with Crippen molar-refractivity contribution in [3.8, 4) is 5.75 Å². The fourth-order valence-electron chi connectivity index (χ4n) is 2.29. The number of carbonyl (C=O) groups excluding carboxylic acids is 2. The van der Waals surface area contributed by atoms with E-state index >= 15 is 0 Å². The van der Waals surface area contributed by atoms with Crippen molar-refractivity contribution in [2.75, 3.05) is 45.3 Å². The second kappa shape index (κ2) is 7.49. The zero-order valence-electron chi connectivity index (χ0n) is 12.8. The highest BCUT2D eigenvalue weighted by atomic mass is 16.5. The molecule has 0 bridgehead atoms. The maximum absolute atomic E-state index is 11.9. The van der Waals surface area contributed by atoms with Gasteiger partial charge < -0.3 is 19.3 Å². The first kappa shape index (κ1) is 15.9. The first-order valence-electron chi connectivity index (χ1n) is 7.08. The van der Waals surface area contributed by atoms with Crippen LogP contribution in [0, 0.1) is 0 Å². The number of piperazine rings is 1. The van der Waals surface area contributed by atoms with Gasteiger partial charge in [0, 0.05) is 44.0 Å². The van der Waals surface area contributed by atoms with E-state index in [1.165, 1.54) is 13.2 Å². The minimum atomic E-state index is -0.523. The number of rotatable bonds is 4. The average Bonchev–Trinajstić information content (AvgIpc) is 2.59. The van der Waals surface area contributed by atoms with Crippen LogP contribution in [-0.4, -0.2) is 57.2 Å². The Morgan fingerprint density at radius 1 is 1.00 bits per heavy atom. The van der Waals surface area contributed by atoms with Crippen molar-refractivity contribution < 1.29 is 19.1 Å². The van der Waals surface area contributed by atoms with Crippen LogP contribution in [-0.2, 0) is 14.3 Å². The highest BCUT2D eigenvalue weighted by Crippen LogP contribution is 2.20. The number of amides is 1. The van der Waals surface area contributed by atoms with Gasteiger partial charge >= 0.3 is 5.97 Å². The van der Waals surface area contributed by atoms with Gasteiger partial charge in [0.15, 0.2) is 0 Å². The fourth-order valence-corrected chi connectivity index (χ4v) is 2.29. The molecule has 0 N–H and O–H groups in total. The van der Waals surface area contributed by atoms with Crippen LogP contribution >= 0.6 is 0 Å². The lowest BCUT2D eigenvalue weighted by Gasteiger charge is -2.35. The number of anilines is 1. The largest absolute Gasteiger partial charge is 0.497 e. The topological polar surface area (TPSA) is 59.1 Å². The van der Waals surface area contributed by atoms with Gasteiger partial charge in [-0.1, -0.05) is 0 Å². The zero-order chi connectivity index (χ0) is 15.9. The van der Waals surface area contributed by atoms with Gasteiger partial charge in [0.05, 0.1) is 14.2 Å². The van der Waals surface area contributed by atoms with Gasteiger partial charge in [0.25, 0.3) is 0 Å². The van der Waals surface area contributed by atoms with Crippen molar-refractivity contribution in [3.05, 3.63) is 36.4 Å². The lowest BCUT2D eigenvalue weighted by molar-refractivity contribution is -0.135. The molecule has 1 aliphatic rings. The molecule has 1 saturated heterocycles. The molecule has 6 heteroatoms. The number of nitrogens with zero attached hydrogens (tertiary/aromatic N) is 2. The second-order valence-corrected chi connectivity index (χ2v) is 4.87. The standard InChI is InChI=1S/C16H20N2O4/c1-21-14-5-3-13(4-6-14)17-9-11-18(12-10-17)15(19)7-8-16(20)22-2/h3-8H,9-12H2,1-2H3/b8-7-. The molecule has 1 aliphatic heterocycles. The maximum Gasteiger partial charge on any atom is 0.330 e. The fraction of sp³-hybridized carbons (Fsp3) is 0.375. The molecule has 0 radical (unpaired) electrons. The van der Waals surface area contributed by atoms with E-state index in [4.69, 9.17) is 4.74 Å². The van der Waals surface area contributed by atoms with E-state index in [9.17, 15) is 9.59 Å². The van der Waals surface area contributed by atoms with Crippen LogP contribution in [0.2, 0.25) is 0 Å². The maximum atomic E-state index is 11.9. The third-order valence-electron chi connectivity index (χ3n) is 3.59. The van der Waals surface area contributed by atoms with Gasteiger partial charge in [-0.3, -0.25) is 4.79 Å². The third kappa shape index (κ3) is 4.00. The van der Waals surface area contributed by atoms with E-state index in [0.29, 0.717) is 13.1 Å². The summed E-state index contributed by atoms with van der Waals surface area (Å²) >= 11 is 0. The molecular weight excluding hydrogens is 284 g/mol. The van der Waals surface area contributed by atoms with Crippen LogP contribution < -0.4 is 9.64 Å². The molecule has 118 valence electrons. The summed E-state index contributed by atoms with van der Waals surface area (Å²) in [5.41, 5.74) is 1.11. The Hall–Kier alpha value is -2.50. The summed E-state index contributed by atoms with van der Waals surface area (Å²) in [7, 11) is 2.92. The predicted octanol–water partition coefficient (Wildman–Crippen LogP) is 1.07. The molecule has 0 unspecified atom stereocenters. The second-order valence-electron chi connectivity index (χ2n) is 4.87. The zero-order valence-corrected chi connectivity index (χ0v) is 12.8. The Morgan fingerprint density at radius 3 is 2.18 bits per heavy atom. The molecular formula is C16H20N2O4. The summed E-state index contributed by atoms with van der Waals surface area (Å²) in [6.07, 6.45) is 2.41. The normalized spacial score (nSPS) is 15.0. The van der Waals surface area contributed by atoms with Crippen LogP contribution in [0.15, 0.2) is 36.4 Å². The molecule has 22 heavy (non-hydrogen) atoms. The number of hydrogen-bond donors (Lipinski definition) is 0. The van der Waals surface area contributed by atoms with E-state index in [1.807, 2.05) is 24.3 Å². The van der Waals surface area contributed by atoms with Crippen LogP contribution in [0.4, 0.5) is 5.69 Å². The minimum absolute atomic E-state index is 0.167. The number of esters is 1. The van der Waals surface area contributed by atoms with Gasteiger partial charge in [0.2, 0.25) is 5.91 Å². The predicted molar refractivity (Wildman–Crippen MR) is 82.9 cm³/mol. The lowest BCUT2D eigenvalue weighted by Crippen LogP contribution is -2.48. The van der Waals surface area contributed by atoms with Crippen molar-refractivity contribution in [3.63, 3.8) is 0 Å². The molecule has 0 aromatic heterocycles. The molecule has 0 atom stereocenters. The van der Waals surface area contributed by atoms with E-state index in [-0.39, 0.29) is 5.91 Å². The quantitative estimate of drug-likeness (QED) is 0.615. The highest BCUT2D eigenvalue weighted by molar-refractivity contribution is 5.94. The smallest absolute Gasteiger partial charge is 0.330 e. The summed E-state index contributed by atoms with van der Waals surface area (Å²) in [5.74, 6) is 0.135. The highest BCUT2D eigenvalue weighted by Gasteiger charge is 2.20. The van der Waals surface area contributed by atoms with Crippen molar-refractivity contribution in [1.82, 2.24) is 4.90 Å². The Balaban J connectivity index is 1.88. The van der Waals surface area contributed by atoms with Crippen LogP contribution in [0.5, 0.6) is 5.75 Å². The molecule has 1 heterocycles. The lowest BCUT2D eigenvalue weighted by atomic mass is 10.2. The molecule has 1 fully saturated rings. The van der Waals surface area contributed by atoms with Crippen molar-refractivity contribution in [2.45, 2.75) is 0 Å². The van der Waals surface area contributed by atoms with E-state index in [1.54, 1.807) is 12.0 Å². The number of benzene rings is 1. The van der Waals surface area contributed by atoms with Gasteiger partial charge in [0.1, 0.15) is 5.75 Å². The van der Waals surface area contributed by atoms with Crippen LogP contribution in [0.25, 0.3) is 0 Å². The SMILES string of the molecule is COC(=O)/C=C\C(=O)N1CCN(c2ccc(OC)cc2)CC1. The molecule has 1 aromatic rings. The summed E-state index contributed by atoms with van der Waals surface area (Å²) in [6.45, 7) is 2.75. The molecule has 2 rings (SSSR count). The van der Waals surface area contributed by atoms with Crippen LogP contribution in [0.3, 0.4) is 0 Å². The number of hydrogen-bond acceptors (Lipinski definition) is 5. The summed E-state index contributed by atoms with van der Waals surface area (Å²) in [5, 5.41) is 0. The third-order valence-corrected chi connectivity index (χ3v) is 3.59. The van der Waals surface area contributed by atoms with Crippen molar-refractivity contribution in [1.29, 1.82) is 0 Å². The van der Waals surface area contributed by atoms with Crippen molar-refractivity contribution in [2.24, 2.45) is 0 Å². The molecule has 0 spiro atoms.